The fraction of sp³-hybridized carbons (Fsp3) is 0.212. The van der Waals surface area contributed by atoms with Gasteiger partial charge in [0, 0.05) is 33.2 Å². The van der Waals surface area contributed by atoms with Crippen molar-refractivity contribution in [2.45, 2.75) is 37.0 Å². The van der Waals surface area contributed by atoms with E-state index in [4.69, 9.17) is 4.74 Å². The van der Waals surface area contributed by atoms with Gasteiger partial charge in [-0.1, -0.05) is 36.4 Å². The number of hydrogen-bond acceptors (Lipinski definition) is 8. The number of hydrogen-bond donors (Lipinski definition) is 3. The Morgan fingerprint density at radius 3 is 2.33 bits per heavy atom. The largest absolute Gasteiger partial charge is 0.444 e. The normalized spacial score (nSPS) is 12.5. The molecule has 5 rings (SSSR count). The molecule has 0 spiro atoms. The van der Waals surface area contributed by atoms with E-state index in [-0.39, 0.29) is 12.2 Å². The van der Waals surface area contributed by atoms with E-state index < -0.39 is 35.2 Å². The van der Waals surface area contributed by atoms with Gasteiger partial charge in [-0.25, -0.2) is 9.48 Å². The first kappa shape index (κ1) is 31.0. The molecule has 1 aromatic heterocycles. The van der Waals surface area contributed by atoms with Gasteiger partial charge in [0.25, 0.3) is 0 Å². The zero-order valence-corrected chi connectivity index (χ0v) is 25.6. The van der Waals surface area contributed by atoms with Crippen LogP contribution in [0.3, 0.4) is 0 Å². The number of nitrogens with one attached hydrogen (secondary N) is 3. The van der Waals surface area contributed by atoms with Gasteiger partial charge in [0.2, 0.25) is 17.6 Å². The van der Waals surface area contributed by atoms with Crippen LogP contribution in [0.5, 0.6) is 0 Å². The van der Waals surface area contributed by atoms with Crippen LogP contribution in [0.2, 0.25) is 0 Å². The summed E-state index contributed by atoms with van der Waals surface area (Å²) in [5, 5.41) is 22.4. The Balaban J connectivity index is 1.47. The number of rotatable bonds is 8. The van der Waals surface area contributed by atoms with Gasteiger partial charge in [-0.2, -0.15) is 10.4 Å². The number of alkyl carbamates (subject to hydrolysis) is 1. The zero-order chi connectivity index (χ0) is 32.1. The van der Waals surface area contributed by atoms with E-state index in [1.165, 1.54) is 11.8 Å². The molecule has 0 bridgehead atoms. The van der Waals surface area contributed by atoms with Crippen LogP contribution in [0.15, 0.2) is 83.8 Å². The van der Waals surface area contributed by atoms with Gasteiger partial charge >= 0.3 is 6.09 Å². The molecule has 0 saturated carbocycles. The minimum absolute atomic E-state index is 0.0257. The molecule has 2 heterocycles. The summed E-state index contributed by atoms with van der Waals surface area (Å²) in [6.07, 6.45) is -0.707. The third-order valence-corrected chi connectivity index (χ3v) is 7.70. The van der Waals surface area contributed by atoms with E-state index in [9.17, 15) is 24.4 Å². The number of aromatic nitrogens is 2. The Bertz CT molecular complexity index is 1810. The number of Topliss-reactive ketones (excluding diaryl/α,β-unsaturated/α-hetero) is 1. The number of anilines is 2. The second kappa shape index (κ2) is 13.1. The van der Waals surface area contributed by atoms with E-state index in [2.05, 4.69) is 21.0 Å². The Kier molecular flexibility index (Phi) is 9.01. The zero-order valence-electron chi connectivity index (χ0n) is 24.8. The number of nitrogens with zero attached hydrogens (tertiary/aromatic N) is 3. The number of ether oxygens (including phenoxy) is 1. The van der Waals surface area contributed by atoms with Crippen molar-refractivity contribution in [3.8, 4) is 23.0 Å². The van der Waals surface area contributed by atoms with Crippen LogP contribution in [0.4, 0.5) is 16.2 Å². The lowest BCUT2D eigenvalue weighted by Gasteiger charge is -2.20. The first-order chi connectivity index (χ1) is 21.5. The van der Waals surface area contributed by atoms with Crippen molar-refractivity contribution in [3.63, 3.8) is 0 Å². The van der Waals surface area contributed by atoms with Crippen molar-refractivity contribution < 1.29 is 23.9 Å². The maximum absolute atomic E-state index is 13.8. The molecule has 11 nitrogen and oxygen atoms in total. The van der Waals surface area contributed by atoms with E-state index in [1.807, 2.05) is 42.5 Å². The Hall–Kier alpha value is -5.41. The SMILES string of the molecule is CC(C)(C)OC(=O)NCC(=O)Nc1ccc2c(c1)-c1c(c(C(=O)C(C#N)C(=O)Nc3ccccc3)nn1-c1ccccc1)CS2. The molecule has 0 aliphatic carbocycles. The molecule has 0 radical (unpaired) electrons. The predicted octanol–water partition coefficient (Wildman–Crippen LogP) is 5.57. The molecule has 45 heavy (non-hydrogen) atoms. The second-order valence-electron chi connectivity index (χ2n) is 11.1. The highest BCUT2D eigenvalue weighted by Crippen LogP contribution is 2.45. The lowest BCUT2D eigenvalue weighted by atomic mass is 9.97. The van der Waals surface area contributed by atoms with Crippen LogP contribution in [0.25, 0.3) is 16.9 Å². The number of fused-ring (bicyclic) bond motifs is 3. The number of ketones is 1. The third kappa shape index (κ3) is 7.22. The van der Waals surface area contributed by atoms with Crippen molar-refractivity contribution in [2.75, 3.05) is 17.2 Å². The summed E-state index contributed by atoms with van der Waals surface area (Å²) in [4.78, 5) is 52.4. The minimum Gasteiger partial charge on any atom is -0.444 e. The van der Waals surface area contributed by atoms with E-state index >= 15 is 0 Å². The van der Waals surface area contributed by atoms with Gasteiger partial charge in [0.1, 0.15) is 17.8 Å². The van der Waals surface area contributed by atoms with Crippen LogP contribution in [0.1, 0.15) is 36.8 Å². The molecule has 1 aliphatic rings. The minimum atomic E-state index is -1.62. The maximum Gasteiger partial charge on any atom is 0.408 e. The van der Waals surface area contributed by atoms with Crippen LogP contribution in [0, 0.1) is 17.2 Å². The molecule has 12 heteroatoms. The van der Waals surface area contributed by atoms with Gasteiger partial charge in [0.05, 0.1) is 17.5 Å². The van der Waals surface area contributed by atoms with Crippen LogP contribution in [-0.2, 0) is 20.1 Å². The molecule has 1 unspecified atom stereocenters. The van der Waals surface area contributed by atoms with Crippen molar-refractivity contribution >= 4 is 46.8 Å². The highest BCUT2D eigenvalue weighted by atomic mass is 32.2. The summed E-state index contributed by atoms with van der Waals surface area (Å²) < 4.78 is 6.81. The standard InChI is InChI=1S/C33H30N6O5S/c1-33(2,3)44-32(43)35-18-27(40)36-21-14-15-26-23(16-21)29-25(19-45-26)28(38-39(29)22-12-8-5-9-13-22)30(41)24(17-34)31(42)37-20-10-6-4-7-11-20/h4-16,24H,18-19H2,1-3H3,(H,35,43)(H,36,40)(H,37,42). The summed E-state index contributed by atoms with van der Waals surface area (Å²) in [5.74, 6) is -3.16. The highest BCUT2D eigenvalue weighted by Gasteiger charge is 2.36. The first-order valence-corrected chi connectivity index (χ1v) is 15.0. The quantitative estimate of drug-likeness (QED) is 0.170. The Morgan fingerprint density at radius 2 is 1.67 bits per heavy atom. The molecule has 0 saturated heterocycles. The number of benzene rings is 3. The van der Waals surface area contributed by atoms with Crippen molar-refractivity contribution in [2.24, 2.45) is 5.92 Å². The van der Waals surface area contributed by atoms with Gasteiger partial charge in [-0.3, -0.25) is 14.4 Å². The Morgan fingerprint density at radius 1 is 0.978 bits per heavy atom. The molecular formula is C33H30N6O5S. The fourth-order valence-corrected chi connectivity index (χ4v) is 5.72. The number of para-hydroxylation sites is 2. The van der Waals surface area contributed by atoms with Crippen LogP contribution < -0.4 is 16.0 Å². The third-order valence-electron chi connectivity index (χ3n) is 6.60. The van der Waals surface area contributed by atoms with Gasteiger partial charge in [-0.05, 0) is 63.2 Å². The van der Waals surface area contributed by atoms with Crippen molar-refractivity contribution in [3.05, 3.63) is 90.1 Å². The number of nitriles is 1. The van der Waals surface area contributed by atoms with Gasteiger partial charge < -0.3 is 20.7 Å². The van der Waals surface area contributed by atoms with Crippen molar-refractivity contribution in [1.82, 2.24) is 15.1 Å². The summed E-state index contributed by atoms with van der Waals surface area (Å²) in [7, 11) is 0. The van der Waals surface area contributed by atoms with Crippen LogP contribution >= 0.6 is 11.8 Å². The average Bonchev–Trinajstić information content (AvgIpc) is 3.41. The van der Waals surface area contributed by atoms with Gasteiger partial charge in [-0.15, -0.1) is 11.8 Å². The van der Waals surface area contributed by atoms with Crippen molar-refractivity contribution in [1.29, 1.82) is 5.26 Å². The second-order valence-corrected chi connectivity index (χ2v) is 12.1. The topological polar surface area (TPSA) is 155 Å². The lowest BCUT2D eigenvalue weighted by molar-refractivity contribution is -0.117. The maximum atomic E-state index is 13.8. The van der Waals surface area contributed by atoms with E-state index in [1.54, 1.807) is 67.9 Å². The molecule has 3 aromatic carbocycles. The number of amides is 3. The summed E-state index contributed by atoms with van der Waals surface area (Å²) in [6, 6.07) is 25.0. The molecule has 0 fully saturated rings. The molecular weight excluding hydrogens is 592 g/mol. The number of thioether (sulfide) groups is 1. The number of carbonyl (C=O) groups is 4. The van der Waals surface area contributed by atoms with Crippen LogP contribution in [-0.4, -0.2) is 45.6 Å². The average molecular weight is 623 g/mol. The first-order valence-electron chi connectivity index (χ1n) is 14.0. The molecule has 228 valence electrons. The molecule has 1 atom stereocenters. The predicted molar refractivity (Wildman–Crippen MR) is 170 cm³/mol. The molecule has 1 aliphatic heterocycles. The summed E-state index contributed by atoms with van der Waals surface area (Å²) in [5.41, 5.74) is 2.82. The fourth-order valence-electron chi connectivity index (χ4n) is 4.67. The summed E-state index contributed by atoms with van der Waals surface area (Å²) in [6.45, 7) is 4.88. The summed E-state index contributed by atoms with van der Waals surface area (Å²) >= 11 is 1.47. The van der Waals surface area contributed by atoms with E-state index in [0.29, 0.717) is 39.6 Å². The van der Waals surface area contributed by atoms with E-state index in [0.717, 1.165) is 4.90 Å². The Labute approximate surface area is 264 Å². The highest BCUT2D eigenvalue weighted by molar-refractivity contribution is 7.98. The molecule has 3 amide bonds. The molecule has 4 aromatic rings. The monoisotopic (exact) mass is 622 g/mol. The number of carbonyl (C=O) groups excluding carboxylic acids is 4. The lowest BCUT2D eigenvalue weighted by Crippen LogP contribution is -2.37. The van der Waals surface area contributed by atoms with Gasteiger partial charge in [0.15, 0.2) is 5.92 Å². The molecule has 3 N–H and O–H groups in total. The smallest absolute Gasteiger partial charge is 0.408 e.